The number of alkyl halides is 3. The van der Waals surface area contributed by atoms with Crippen LogP contribution in [0.4, 0.5) is 13.2 Å². The molecule has 0 unspecified atom stereocenters. The standard InChI is InChI=1S/C22H20F3NO4/c1-4-30-21(27)20-16(13-5-8-15(9-6-13)22(23,24)25)12-17(26-20)14-7-10-18(28-2)19(11-14)29-3/h5-12,26H,4H2,1-3H3. The number of rotatable bonds is 6. The van der Waals surface area contributed by atoms with Crippen LogP contribution >= 0.6 is 0 Å². The summed E-state index contributed by atoms with van der Waals surface area (Å²) in [5.74, 6) is 0.443. The molecule has 2 aromatic carbocycles. The van der Waals surface area contributed by atoms with Crippen LogP contribution in [-0.4, -0.2) is 31.8 Å². The first-order valence-corrected chi connectivity index (χ1v) is 9.08. The fraction of sp³-hybridized carbons (Fsp3) is 0.227. The number of hydrogen-bond acceptors (Lipinski definition) is 4. The van der Waals surface area contributed by atoms with Crippen LogP contribution in [0.3, 0.4) is 0 Å². The van der Waals surface area contributed by atoms with Gasteiger partial charge in [-0.25, -0.2) is 4.79 Å². The van der Waals surface area contributed by atoms with Crippen molar-refractivity contribution in [2.24, 2.45) is 0 Å². The molecule has 0 fully saturated rings. The van der Waals surface area contributed by atoms with E-state index in [0.29, 0.717) is 33.9 Å². The number of methoxy groups -OCH3 is 2. The minimum atomic E-state index is -4.44. The monoisotopic (exact) mass is 419 g/mol. The molecule has 3 rings (SSSR count). The molecule has 5 nitrogen and oxygen atoms in total. The third-order valence-electron chi connectivity index (χ3n) is 4.52. The fourth-order valence-corrected chi connectivity index (χ4v) is 3.04. The summed E-state index contributed by atoms with van der Waals surface area (Å²) in [5, 5.41) is 0. The highest BCUT2D eigenvalue weighted by molar-refractivity contribution is 5.97. The molecule has 0 atom stereocenters. The van der Waals surface area contributed by atoms with Gasteiger partial charge in [0.05, 0.1) is 26.4 Å². The molecular weight excluding hydrogens is 399 g/mol. The number of carbonyl (C=O) groups is 1. The molecule has 158 valence electrons. The Bertz CT molecular complexity index is 1040. The normalized spacial score (nSPS) is 11.3. The van der Waals surface area contributed by atoms with Crippen LogP contribution in [0, 0.1) is 0 Å². The molecule has 8 heteroatoms. The molecule has 1 N–H and O–H groups in total. The van der Waals surface area contributed by atoms with E-state index in [-0.39, 0.29) is 12.3 Å². The molecule has 0 spiro atoms. The van der Waals surface area contributed by atoms with Gasteiger partial charge in [-0.1, -0.05) is 12.1 Å². The lowest BCUT2D eigenvalue weighted by Gasteiger charge is -2.08. The molecule has 30 heavy (non-hydrogen) atoms. The zero-order valence-electron chi connectivity index (χ0n) is 16.6. The number of carbonyl (C=O) groups excluding carboxylic acids is 1. The lowest BCUT2D eigenvalue weighted by Crippen LogP contribution is -2.07. The minimum Gasteiger partial charge on any atom is -0.493 e. The highest BCUT2D eigenvalue weighted by atomic mass is 19.4. The van der Waals surface area contributed by atoms with E-state index in [2.05, 4.69) is 4.98 Å². The lowest BCUT2D eigenvalue weighted by atomic mass is 10.0. The SMILES string of the molecule is CCOC(=O)c1[nH]c(-c2ccc(OC)c(OC)c2)cc1-c1ccc(C(F)(F)F)cc1. The van der Waals surface area contributed by atoms with Crippen LogP contribution < -0.4 is 9.47 Å². The molecule has 1 heterocycles. The van der Waals surface area contributed by atoms with E-state index in [1.807, 2.05) is 0 Å². The molecule has 0 aliphatic rings. The average molecular weight is 419 g/mol. The largest absolute Gasteiger partial charge is 0.493 e. The Labute approximate surface area is 171 Å². The van der Waals surface area contributed by atoms with Crippen molar-refractivity contribution in [2.75, 3.05) is 20.8 Å². The van der Waals surface area contributed by atoms with Crippen LogP contribution in [0.25, 0.3) is 22.4 Å². The van der Waals surface area contributed by atoms with E-state index in [1.165, 1.54) is 26.4 Å². The number of aromatic amines is 1. The second kappa shape index (κ2) is 8.52. The first-order valence-electron chi connectivity index (χ1n) is 9.08. The number of nitrogens with one attached hydrogen (secondary N) is 1. The molecule has 1 aromatic heterocycles. The van der Waals surface area contributed by atoms with Crippen molar-refractivity contribution in [3.05, 3.63) is 59.8 Å². The van der Waals surface area contributed by atoms with Crippen LogP contribution in [0.1, 0.15) is 23.0 Å². The summed E-state index contributed by atoms with van der Waals surface area (Å²) in [6.07, 6.45) is -4.44. The van der Waals surface area contributed by atoms with Crippen LogP contribution in [-0.2, 0) is 10.9 Å². The maximum absolute atomic E-state index is 12.9. The highest BCUT2D eigenvalue weighted by Crippen LogP contribution is 2.36. The number of esters is 1. The molecule has 0 amide bonds. The van der Waals surface area contributed by atoms with E-state index < -0.39 is 17.7 Å². The maximum atomic E-state index is 12.9. The third kappa shape index (κ3) is 4.27. The Hall–Kier alpha value is -3.42. The predicted molar refractivity (Wildman–Crippen MR) is 106 cm³/mol. The third-order valence-corrected chi connectivity index (χ3v) is 4.52. The number of hydrogen-bond donors (Lipinski definition) is 1. The van der Waals surface area contributed by atoms with Crippen molar-refractivity contribution in [1.29, 1.82) is 0 Å². The molecular formula is C22H20F3NO4. The summed E-state index contributed by atoms with van der Waals surface area (Å²) in [6, 6.07) is 11.5. The van der Waals surface area contributed by atoms with Crippen molar-refractivity contribution < 1.29 is 32.2 Å². The minimum absolute atomic E-state index is 0.154. The number of halogens is 3. The van der Waals surface area contributed by atoms with Gasteiger partial charge in [0, 0.05) is 16.8 Å². The summed E-state index contributed by atoms with van der Waals surface area (Å²) in [4.78, 5) is 15.5. The van der Waals surface area contributed by atoms with Crippen LogP contribution in [0.5, 0.6) is 11.5 Å². The number of ether oxygens (including phenoxy) is 3. The zero-order chi connectivity index (χ0) is 21.9. The second-order valence-electron chi connectivity index (χ2n) is 6.34. The van der Waals surface area contributed by atoms with E-state index >= 15 is 0 Å². The topological polar surface area (TPSA) is 60.6 Å². The van der Waals surface area contributed by atoms with E-state index in [1.54, 1.807) is 31.2 Å². The Morgan fingerprint density at radius 1 is 0.933 bits per heavy atom. The van der Waals surface area contributed by atoms with E-state index in [4.69, 9.17) is 14.2 Å². The van der Waals surface area contributed by atoms with Crippen molar-refractivity contribution >= 4 is 5.97 Å². The molecule has 0 radical (unpaired) electrons. The van der Waals surface area contributed by atoms with Gasteiger partial charge in [-0.2, -0.15) is 13.2 Å². The Morgan fingerprint density at radius 3 is 2.13 bits per heavy atom. The first-order chi connectivity index (χ1) is 14.3. The molecule has 3 aromatic rings. The Kier molecular flexibility index (Phi) is 6.05. The smallest absolute Gasteiger partial charge is 0.416 e. The second-order valence-corrected chi connectivity index (χ2v) is 6.34. The Morgan fingerprint density at radius 2 is 1.57 bits per heavy atom. The van der Waals surface area contributed by atoms with E-state index in [9.17, 15) is 18.0 Å². The summed E-state index contributed by atoms with van der Waals surface area (Å²) >= 11 is 0. The van der Waals surface area contributed by atoms with Gasteiger partial charge in [0.1, 0.15) is 5.69 Å². The van der Waals surface area contributed by atoms with Crippen molar-refractivity contribution in [1.82, 2.24) is 4.98 Å². The van der Waals surface area contributed by atoms with Crippen molar-refractivity contribution in [2.45, 2.75) is 13.1 Å². The molecule has 0 bridgehead atoms. The number of benzene rings is 2. The fourth-order valence-electron chi connectivity index (χ4n) is 3.04. The van der Waals surface area contributed by atoms with Gasteiger partial charge in [-0.3, -0.25) is 0 Å². The summed E-state index contributed by atoms with van der Waals surface area (Å²) < 4.78 is 54.3. The van der Waals surface area contributed by atoms with Gasteiger partial charge in [0.2, 0.25) is 0 Å². The summed E-state index contributed by atoms with van der Waals surface area (Å²) in [6.45, 7) is 1.84. The van der Waals surface area contributed by atoms with Crippen molar-refractivity contribution in [3.63, 3.8) is 0 Å². The molecule has 0 aliphatic carbocycles. The summed E-state index contributed by atoms with van der Waals surface area (Å²) in [7, 11) is 3.03. The van der Waals surface area contributed by atoms with Crippen LogP contribution in [0.15, 0.2) is 48.5 Å². The highest BCUT2D eigenvalue weighted by Gasteiger charge is 2.30. The number of aromatic nitrogens is 1. The van der Waals surface area contributed by atoms with Crippen LogP contribution in [0.2, 0.25) is 0 Å². The van der Waals surface area contributed by atoms with Crippen molar-refractivity contribution in [3.8, 4) is 33.9 Å². The predicted octanol–water partition coefficient (Wildman–Crippen LogP) is 5.56. The summed E-state index contributed by atoms with van der Waals surface area (Å²) in [5.41, 5.74) is 1.56. The molecule has 0 saturated heterocycles. The number of H-pyrrole nitrogens is 1. The lowest BCUT2D eigenvalue weighted by molar-refractivity contribution is -0.137. The first kappa shape index (κ1) is 21.3. The maximum Gasteiger partial charge on any atom is 0.416 e. The van der Waals surface area contributed by atoms with Gasteiger partial charge in [-0.15, -0.1) is 0 Å². The molecule has 0 saturated carbocycles. The van der Waals surface area contributed by atoms with Gasteiger partial charge < -0.3 is 19.2 Å². The average Bonchev–Trinajstić information content (AvgIpc) is 3.18. The van der Waals surface area contributed by atoms with Gasteiger partial charge >= 0.3 is 12.1 Å². The van der Waals surface area contributed by atoms with Gasteiger partial charge in [-0.05, 0) is 48.9 Å². The molecule has 0 aliphatic heterocycles. The van der Waals surface area contributed by atoms with Gasteiger partial charge in [0.15, 0.2) is 11.5 Å². The quantitative estimate of drug-likeness (QED) is 0.532. The Balaban J connectivity index is 2.09. The van der Waals surface area contributed by atoms with Gasteiger partial charge in [0.25, 0.3) is 0 Å². The zero-order valence-corrected chi connectivity index (χ0v) is 16.6. The van der Waals surface area contributed by atoms with E-state index in [0.717, 1.165) is 12.1 Å².